The van der Waals surface area contributed by atoms with Gasteiger partial charge in [0.15, 0.2) is 11.9 Å². The summed E-state index contributed by atoms with van der Waals surface area (Å²) < 4.78 is 22.6. The van der Waals surface area contributed by atoms with Crippen molar-refractivity contribution in [3.8, 4) is 0 Å². The molecule has 8 atom stereocenters. The molecule has 0 radical (unpaired) electrons. The summed E-state index contributed by atoms with van der Waals surface area (Å²) >= 11 is 0. The summed E-state index contributed by atoms with van der Waals surface area (Å²) in [6.07, 6.45) is 2.23. The maximum atomic E-state index is 12.2. The number of hydrogen-bond donors (Lipinski definition) is 0. The third-order valence-corrected chi connectivity index (χ3v) is 7.11. The summed E-state index contributed by atoms with van der Waals surface area (Å²) in [6, 6.07) is 0. The molecule has 5 fully saturated rings. The number of rotatable bonds is 4. The quantitative estimate of drug-likeness (QED) is 0.527. The molecule has 0 aromatic rings. The van der Waals surface area contributed by atoms with Crippen LogP contribution in [-0.2, 0) is 38.3 Å². The highest BCUT2D eigenvalue weighted by molar-refractivity contribution is 5.77. The van der Waals surface area contributed by atoms with Gasteiger partial charge in [-0.25, -0.2) is 9.78 Å². The van der Waals surface area contributed by atoms with Crippen molar-refractivity contribution in [3.63, 3.8) is 0 Å². The zero-order valence-electron chi connectivity index (χ0n) is 17.0. The molecule has 1 spiro atoms. The fourth-order valence-electron chi connectivity index (χ4n) is 5.50. The van der Waals surface area contributed by atoms with Crippen LogP contribution in [0.1, 0.15) is 59.3 Å². The van der Waals surface area contributed by atoms with Crippen molar-refractivity contribution >= 4 is 11.9 Å². The Kier molecular flexibility index (Phi) is 5.18. The summed E-state index contributed by atoms with van der Waals surface area (Å²) in [5.74, 6) is -1.05. The molecule has 0 N–H and O–H groups in total. The number of fused-ring (bicyclic) bond motifs is 2. The molecule has 5 rings (SSSR count). The fourth-order valence-corrected chi connectivity index (χ4v) is 5.50. The average Bonchev–Trinajstić information content (AvgIpc) is 2.90. The van der Waals surface area contributed by atoms with Crippen LogP contribution in [0, 0.1) is 23.7 Å². The summed E-state index contributed by atoms with van der Waals surface area (Å²) in [5.41, 5.74) is -0.679. The lowest BCUT2D eigenvalue weighted by atomic mass is 9.58. The molecule has 0 amide bonds. The molecule has 8 heteroatoms. The van der Waals surface area contributed by atoms with Gasteiger partial charge >= 0.3 is 11.9 Å². The highest BCUT2D eigenvalue weighted by atomic mass is 17.3. The van der Waals surface area contributed by atoms with Crippen molar-refractivity contribution in [3.05, 3.63) is 0 Å². The van der Waals surface area contributed by atoms with E-state index in [1.807, 2.05) is 13.8 Å². The van der Waals surface area contributed by atoms with Gasteiger partial charge < -0.3 is 18.9 Å². The minimum absolute atomic E-state index is 0.0155. The Morgan fingerprint density at radius 1 is 1.04 bits per heavy atom. The van der Waals surface area contributed by atoms with E-state index >= 15 is 0 Å². The number of ether oxygens (including phenoxy) is 4. The number of esters is 2. The zero-order chi connectivity index (χ0) is 20.1. The molecule has 2 bridgehead atoms. The van der Waals surface area contributed by atoms with E-state index in [-0.39, 0.29) is 30.6 Å². The number of carbonyl (C=O) groups excluding carboxylic acids is 2. The van der Waals surface area contributed by atoms with Gasteiger partial charge in [0.1, 0.15) is 0 Å². The minimum Gasteiger partial charge on any atom is -0.469 e. The Hall–Kier alpha value is -1.22. The number of carbonyl (C=O) groups is 2. The number of hydrogen-bond acceptors (Lipinski definition) is 8. The Labute approximate surface area is 165 Å². The average molecular weight is 398 g/mol. The van der Waals surface area contributed by atoms with Gasteiger partial charge in [0, 0.05) is 18.3 Å². The van der Waals surface area contributed by atoms with Gasteiger partial charge in [0.25, 0.3) is 0 Å². The zero-order valence-corrected chi connectivity index (χ0v) is 17.0. The van der Waals surface area contributed by atoms with E-state index in [9.17, 15) is 9.59 Å². The third-order valence-electron chi connectivity index (χ3n) is 7.11. The minimum atomic E-state index is -0.864. The SMILES string of the molecule is COC(=O)CCC(=O)O[C@@H]1O[C@@H]2OC3(C)CC[C@H]4[C@H](C)CC[C@@H]([C@H]1C)[C@@]24OO3. The first kappa shape index (κ1) is 20.1. The van der Waals surface area contributed by atoms with Gasteiger partial charge in [0.05, 0.1) is 20.0 Å². The molecular formula is C20H30O8. The van der Waals surface area contributed by atoms with Crippen molar-refractivity contribution in [2.24, 2.45) is 23.7 Å². The van der Waals surface area contributed by atoms with Crippen LogP contribution in [-0.4, -0.2) is 43.0 Å². The molecule has 1 aliphatic carbocycles. The second-order valence-electron chi connectivity index (χ2n) is 8.84. The fraction of sp³-hybridized carbons (Fsp3) is 0.900. The Morgan fingerprint density at radius 3 is 2.54 bits per heavy atom. The molecule has 8 nitrogen and oxygen atoms in total. The van der Waals surface area contributed by atoms with Crippen LogP contribution in [0.5, 0.6) is 0 Å². The second-order valence-corrected chi connectivity index (χ2v) is 8.84. The Bertz CT molecular complexity index is 638. The van der Waals surface area contributed by atoms with Crippen LogP contribution >= 0.6 is 0 Å². The van der Waals surface area contributed by atoms with Crippen molar-refractivity contribution in [1.82, 2.24) is 0 Å². The lowest BCUT2D eigenvalue weighted by Gasteiger charge is -2.59. The van der Waals surface area contributed by atoms with Crippen LogP contribution in [0.15, 0.2) is 0 Å². The summed E-state index contributed by atoms with van der Waals surface area (Å²) in [4.78, 5) is 35.3. The topological polar surface area (TPSA) is 89.5 Å². The van der Waals surface area contributed by atoms with Crippen LogP contribution < -0.4 is 0 Å². The Morgan fingerprint density at radius 2 is 1.79 bits per heavy atom. The molecule has 5 aliphatic rings. The van der Waals surface area contributed by atoms with Crippen LogP contribution in [0.25, 0.3) is 0 Å². The molecule has 28 heavy (non-hydrogen) atoms. The maximum absolute atomic E-state index is 12.2. The van der Waals surface area contributed by atoms with Gasteiger partial charge in [-0.15, -0.1) is 0 Å². The summed E-state index contributed by atoms with van der Waals surface area (Å²) in [6.45, 7) is 6.12. The monoisotopic (exact) mass is 398 g/mol. The molecule has 158 valence electrons. The van der Waals surface area contributed by atoms with Crippen LogP contribution in [0.4, 0.5) is 0 Å². The van der Waals surface area contributed by atoms with E-state index < -0.39 is 35.9 Å². The molecule has 0 aromatic carbocycles. The first-order valence-electron chi connectivity index (χ1n) is 10.3. The number of methoxy groups -OCH3 is 1. The largest absolute Gasteiger partial charge is 0.469 e. The van der Waals surface area contributed by atoms with Gasteiger partial charge in [-0.1, -0.05) is 13.8 Å². The van der Waals surface area contributed by atoms with Crippen LogP contribution in [0.3, 0.4) is 0 Å². The predicted octanol–water partition coefficient (Wildman–Crippen LogP) is 2.69. The van der Waals surface area contributed by atoms with Crippen molar-refractivity contribution in [2.45, 2.75) is 83.3 Å². The lowest BCUT2D eigenvalue weighted by molar-refractivity contribution is -0.576. The molecule has 4 saturated heterocycles. The molecule has 1 saturated carbocycles. The molecule has 0 aromatic heterocycles. The molecule has 4 heterocycles. The van der Waals surface area contributed by atoms with E-state index in [0.29, 0.717) is 5.92 Å². The smallest absolute Gasteiger partial charge is 0.308 e. The van der Waals surface area contributed by atoms with Gasteiger partial charge in [-0.3, -0.25) is 9.59 Å². The van der Waals surface area contributed by atoms with Gasteiger partial charge in [-0.2, -0.15) is 0 Å². The highest BCUT2D eigenvalue weighted by Crippen LogP contribution is 2.60. The van der Waals surface area contributed by atoms with Crippen molar-refractivity contribution < 1.29 is 38.3 Å². The lowest BCUT2D eigenvalue weighted by Crippen LogP contribution is -2.70. The summed E-state index contributed by atoms with van der Waals surface area (Å²) in [5, 5.41) is 0. The standard InChI is InChI=1S/C20H30O8/c1-11-5-6-14-12(2)17(24-16(22)8-7-15(21)23-4)25-18-20(14)13(11)9-10-19(3,26-18)27-28-20/h11-14,17-18H,5-10H2,1-4H3/t11-,12-,13+,14+,17-,18-,19?,20-/m1/s1. The first-order chi connectivity index (χ1) is 13.3. The maximum Gasteiger partial charge on any atom is 0.308 e. The van der Waals surface area contributed by atoms with Gasteiger partial charge in [0.2, 0.25) is 12.1 Å². The predicted molar refractivity (Wildman–Crippen MR) is 94.2 cm³/mol. The van der Waals surface area contributed by atoms with E-state index in [0.717, 1.165) is 25.7 Å². The normalized spacial score (nSPS) is 47.0. The third kappa shape index (κ3) is 3.14. The van der Waals surface area contributed by atoms with E-state index in [4.69, 9.17) is 24.0 Å². The second kappa shape index (κ2) is 7.23. The summed E-state index contributed by atoms with van der Waals surface area (Å²) in [7, 11) is 1.29. The van der Waals surface area contributed by atoms with E-state index in [1.54, 1.807) is 0 Å². The van der Waals surface area contributed by atoms with Gasteiger partial charge in [-0.05, 0) is 38.0 Å². The first-order valence-corrected chi connectivity index (χ1v) is 10.3. The Balaban J connectivity index is 1.54. The van der Waals surface area contributed by atoms with Crippen molar-refractivity contribution in [1.29, 1.82) is 0 Å². The molecule has 4 aliphatic heterocycles. The van der Waals surface area contributed by atoms with Crippen molar-refractivity contribution in [2.75, 3.05) is 7.11 Å². The highest BCUT2D eigenvalue weighted by Gasteiger charge is 2.69. The van der Waals surface area contributed by atoms with Crippen LogP contribution in [0.2, 0.25) is 0 Å². The van der Waals surface area contributed by atoms with E-state index in [1.165, 1.54) is 7.11 Å². The molecule has 1 unspecified atom stereocenters. The van der Waals surface area contributed by atoms with E-state index in [2.05, 4.69) is 11.7 Å². The molecular weight excluding hydrogens is 368 g/mol.